The Labute approximate surface area is 88.1 Å². The summed E-state index contributed by atoms with van der Waals surface area (Å²) in [7, 11) is 0. The monoisotopic (exact) mass is 196 g/mol. The lowest BCUT2D eigenvalue weighted by molar-refractivity contribution is 0.171. The quantitative estimate of drug-likeness (QED) is 0.741. The molecule has 0 aromatic rings. The van der Waals surface area contributed by atoms with E-state index in [2.05, 4.69) is 24.1 Å². The first-order valence-electron chi connectivity index (χ1n) is 6.28. The number of nitrogens with zero attached hydrogens (tertiary/aromatic N) is 1. The van der Waals surface area contributed by atoms with Gasteiger partial charge >= 0.3 is 0 Å². The van der Waals surface area contributed by atoms with E-state index in [0.29, 0.717) is 6.04 Å². The topological polar surface area (TPSA) is 15.3 Å². The van der Waals surface area contributed by atoms with E-state index in [1.165, 1.54) is 45.3 Å². The summed E-state index contributed by atoms with van der Waals surface area (Å²) in [6.45, 7) is 8.45. The van der Waals surface area contributed by atoms with Gasteiger partial charge in [0.15, 0.2) is 0 Å². The fourth-order valence-corrected chi connectivity index (χ4v) is 2.81. The van der Waals surface area contributed by atoms with E-state index >= 15 is 0 Å². The minimum absolute atomic E-state index is 0.685. The largest absolute Gasteiger partial charge is 0.313 e. The first-order valence-corrected chi connectivity index (χ1v) is 6.28. The predicted octanol–water partition coefficient (Wildman–Crippen LogP) is 1.86. The van der Waals surface area contributed by atoms with Gasteiger partial charge in [0.25, 0.3) is 0 Å². The number of hydrogen-bond donors (Lipinski definition) is 1. The van der Waals surface area contributed by atoms with Crippen LogP contribution in [0, 0.1) is 5.92 Å². The SMILES string of the molecule is CCC(C1CC1)N1CCCNC(C)C1. The zero-order chi connectivity index (χ0) is 9.97. The molecular weight excluding hydrogens is 172 g/mol. The summed E-state index contributed by atoms with van der Waals surface area (Å²) < 4.78 is 0. The van der Waals surface area contributed by atoms with Gasteiger partial charge in [-0.1, -0.05) is 6.92 Å². The normalized spacial score (nSPS) is 32.6. The van der Waals surface area contributed by atoms with Crippen molar-refractivity contribution in [2.45, 2.75) is 51.6 Å². The number of rotatable bonds is 3. The first-order chi connectivity index (χ1) is 6.81. The van der Waals surface area contributed by atoms with Crippen LogP contribution in [-0.4, -0.2) is 36.6 Å². The van der Waals surface area contributed by atoms with Crippen molar-refractivity contribution in [1.29, 1.82) is 0 Å². The van der Waals surface area contributed by atoms with Gasteiger partial charge in [0, 0.05) is 18.6 Å². The van der Waals surface area contributed by atoms with Crippen LogP contribution in [0.3, 0.4) is 0 Å². The summed E-state index contributed by atoms with van der Waals surface area (Å²) in [4.78, 5) is 2.74. The molecule has 0 aromatic heterocycles. The molecule has 1 heterocycles. The molecule has 82 valence electrons. The van der Waals surface area contributed by atoms with E-state index < -0.39 is 0 Å². The molecule has 0 amide bonds. The van der Waals surface area contributed by atoms with Gasteiger partial charge in [-0.05, 0) is 51.6 Å². The molecule has 1 N–H and O–H groups in total. The molecule has 1 saturated heterocycles. The molecule has 1 aliphatic heterocycles. The Kier molecular flexibility index (Phi) is 3.45. The smallest absolute Gasteiger partial charge is 0.0166 e. The molecule has 1 aliphatic carbocycles. The average molecular weight is 196 g/mol. The van der Waals surface area contributed by atoms with Crippen molar-refractivity contribution >= 4 is 0 Å². The first kappa shape index (κ1) is 10.4. The molecule has 2 rings (SSSR count). The van der Waals surface area contributed by atoms with Crippen LogP contribution in [0.5, 0.6) is 0 Å². The van der Waals surface area contributed by atoms with Crippen molar-refractivity contribution < 1.29 is 0 Å². The Bertz CT molecular complexity index is 177. The molecule has 2 nitrogen and oxygen atoms in total. The van der Waals surface area contributed by atoms with Gasteiger partial charge in [0.2, 0.25) is 0 Å². The van der Waals surface area contributed by atoms with Crippen molar-refractivity contribution in [3.63, 3.8) is 0 Å². The molecule has 2 aliphatic rings. The number of hydrogen-bond acceptors (Lipinski definition) is 2. The predicted molar refractivity (Wildman–Crippen MR) is 60.5 cm³/mol. The summed E-state index contributed by atoms with van der Waals surface area (Å²) in [5, 5.41) is 3.57. The summed E-state index contributed by atoms with van der Waals surface area (Å²) in [5.74, 6) is 1.03. The second kappa shape index (κ2) is 4.63. The lowest BCUT2D eigenvalue weighted by atomic mass is 10.1. The highest BCUT2D eigenvalue weighted by molar-refractivity contribution is 4.89. The van der Waals surface area contributed by atoms with E-state index in [1.54, 1.807) is 0 Å². The maximum atomic E-state index is 3.57. The van der Waals surface area contributed by atoms with Crippen LogP contribution >= 0.6 is 0 Å². The van der Waals surface area contributed by atoms with E-state index in [4.69, 9.17) is 0 Å². The molecule has 2 atom stereocenters. The summed E-state index contributed by atoms with van der Waals surface area (Å²) in [5.41, 5.74) is 0. The van der Waals surface area contributed by atoms with Crippen LogP contribution < -0.4 is 5.32 Å². The molecule has 14 heavy (non-hydrogen) atoms. The van der Waals surface area contributed by atoms with Crippen LogP contribution in [0.1, 0.15) is 39.5 Å². The maximum Gasteiger partial charge on any atom is 0.0166 e. The van der Waals surface area contributed by atoms with Gasteiger partial charge in [-0.3, -0.25) is 4.90 Å². The van der Waals surface area contributed by atoms with Crippen molar-refractivity contribution in [2.24, 2.45) is 5.92 Å². The Balaban J connectivity index is 1.91. The van der Waals surface area contributed by atoms with Crippen molar-refractivity contribution in [3.8, 4) is 0 Å². The van der Waals surface area contributed by atoms with Crippen LogP contribution in [0.15, 0.2) is 0 Å². The highest BCUT2D eigenvalue weighted by atomic mass is 15.2. The van der Waals surface area contributed by atoms with Gasteiger partial charge in [-0.15, -0.1) is 0 Å². The molecule has 0 aromatic carbocycles. The van der Waals surface area contributed by atoms with Crippen molar-refractivity contribution in [2.75, 3.05) is 19.6 Å². The van der Waals surface area contributed by atoms with Crippen LogP contribution in [0.4, 0.5) is 0 Å². The summed E-state index contributed by atoms with van der Waals surface area (Å²) in [6, 6.07) is 1.57. The van der Waals surface area contributed by atoms with Gasteiger partial charge in [-0.2, -0.15) is 0 Å². The molecular formula is C12H24N2. The van der Waals surface area contributed by atoms with E-state index in [1.807, 2.05) is 0 Å². The van der Waals surface area contributed by atoms with Crippen molar-refractivity contribution in [1.82, 2.24) is 10.2 Å². The molecule has 0 spiro atoms. The molecule has 2 heteroatoms. The van der Waals surface area contributed by atoms with Crippen LogP contribution in [-0.2, 0) is 0 Å². The number of nitrogens with one attached hydrogen (secondary N) is 1. The zero-order valence-corrected chi connectivity index (χ0v) is 9.63. The third-order valence-corrected chi connectivity index (χ3v) is 3.68. The fraction of sp³-hybridized carbons (Fsp3) is 1.00. The second-order valence-electron chi connectivity index (χ2n) is 5.02. The maximum absolute atomic E-state index is 3.57. The fourth-order valence-electron chi connectivity index (χ4n) is 2.81. The minimum Gasteiger partial charge on any atom is -0.313 e. The van der Waals surface area contributed by atoms with Crippen LogP contribution in [0.25, 0.3) is 0 Å². The molecule has 0 radical (unpaired) electrons. The summed E-state index contributed by atoms with van der Waals surface area (Å²) >= 11 is 0. The van der Waals surface area contributed by atoms with Gasteiger partial charge in [0.05, 0.1) is 0 Å². The summed E-state index contributed by atoms with van der Waals surface area (Å²) in [6.07, 6.45) is 5.64. The van der Waals surface area contributed by atoms with E-state index in [0.717, 1.165) is 12.0 Å². The highest BCUT2D eigenvalue weighted by Crippen LogP contribution is 2.37. The molecule has 1 saturated carbocycles. The van der Waals surface area contributed by atoms with E-state index in [9.17, 15) is 0 Å². The van der Waals surface area contributed by atoms with Gasteiger partial charge in [-0.25, -0.2) is 0 Å². The van der Waals surface area contributed by atoms with Gasteiger partial charge < -0.3 is 5.32 Å². The Morgan fingerprint density at radius 3 is 2.86 bits per heavy atom. The molecule has 2 fully saturated rings. The third-order valence-electron chi connectivity index (χ3n) is 3.68. The molecule has 0 bridgehead atoms. The Morgan fingerprint density at radius 2 is 2.21 bits per heavy atom. The highest BCUT2D eigenvalue weighted by Gasteiger charge is 2.34. The van der Waals surface area contributed by atoms with Gasteiger partial charge in [0.1, 0.15) is 0 Å². The zero-order valence-electron chi connectivity index (χ0n) is 9.63. The minimum atomic E-state index is 0.685. The molecule has 2 unspecified atom stereocenters. The van der Waals surface area contributed by atoms with Crippen LogP contribution in [0.2, 0.25) is 0 Å². The lowest BCUT2D eigenvalue weighted by Crippen LogP contribution is -2.42. The average Bonchev–Trinajstić information content (AvgIpc) is 2.96. The third kappa shape index (κ3) is 2.48. The standard InChI is InChI=1S/C12H24N2/c1-3-12(11-5-6-11)14-8-4-7-13-10(2)9-14/h10-13H,3-9H2,1-2H3. The second-order valence-corrected chi connectivity index (χ2v) is 5.02. The Hall–Kier alpha value is -0.0800. The lowest BCUT2D eigenvalue weighted by Gasteiger charge is -2.31. The van der Waals surface area contributed by atoms with Crippen molar-refractivity contribution in [3.05, 3.63) is 0 Å². The Morgan fingerprint density at radius 1 is 1.43 bits per heavy atom. The van der Waals surface area contributed by atoms with E-state index in [-0.39, 0.29) is 0 Å².